The van der Waals surface area contributed by atoms with Gasteiger partial charge < -0.3 is 20.1 Å². The maximum atomic E-state index is 14.5. The average Bonchev–Trinajstić information content (AvgIpc) is 2.84. The van der Waals surface area contributed by atoms with Gasteiger partial charge in [-0.25, -0.2) is 4.39 Å². The van der Waals surface area contributed by atoms with E-state index < -0.39 is 11.7 Å². The summed E-state index contributed by atoms with van der Waals surface area (Å²) < 4.78 is 25.4. The van der Waals surface area contributed by atoms with Crippen molar-refractivity contribution in [2.24, 2.45) is 5.92 Å². The van der Waals surface area contributed by atoms with Gasteiger partial charge in [0.25, 0.3) is 11.8 Å². The molecule has 0 spiro atoms. The summed E-state index contributed by atoms with van der Waals surface area (Å²) >= 11 is 5.80. The van der Waals surface area contributed by atoms with Gasteiger partial charge in [-0.3, -0.25) is 14.4 Å². The molecule has 2 amide bonds. The molecule has 0 aliphatic heterocycles. The van der Waals surface area contributed by atoms with Crippen LogP contribution in [-0.4, -0.2) is 43.6 Å². The van der Waals surface area contributed by atoms with Crippen molar-refractivity contribution in [2.45, 2.75) is 38.7 Å². The summed E-state index contributed by atoms with van der Waals surface area (Å²) in [5.41, 5.74) is 0.614. The predicted octanol–water partition coefficient (Wildman–Crippen LogP) is 4.14. The third-order valence-electron chi connectivity index (χ3n) is 5.58. The van der Waals surface area contributed by atoms with Crippen LogP contribution in [0.3, 0.4) is 0 Å². The van der Waals surface area contributed by atoms with Crippen LogP contribution in [0, 0.1) is 11.7 Å². The molecular weight excluding hydrogens is 463 g/mol. The van der Waals surface area contributed by atoms with Gasteiger partial charge in [-0.2, -0.15) is 0 Å². The normalized spacial score (nSPS) is 17.5. The topological polar surface area (TPSA) is 93.7 Å². The Hall–Kier alpha value is -3.13. The first kappa shape index (κ1) is 25.5. The Kier molecular flexibility index (Phi) is 9.27. The second-order valence-corrected chi connectivity index (χ2v) is 8.44. The highest BCUT2D eigenvalue weighted by molar-refractivity contribution is 6.30. The number of hydrogen-bond donors (Lipinski definition) is 2. The van der Waals surface area contributed by atoms with Gasteiger partial charge in [-0.15, -0.1) is 0 Å². The molecule has 1 saturated carbocycles. The van der Waals surface area contributed by atoms with E-state index >= 15 is 0 Å². The van der Waals surface area contributed by atoms with Crippen LogP contribution in [0.15, 0.2) is 42.5 Å². The molecule has 34 heavy (non-hydrogen) atoms. The lowest BCUT2D eigenvalue weighted by molar-refractivity contribution is -0.149. The molecule has 2 N–H and O–H groups in total. The smallest absolute Gasteiger partial charge is 0.308 e. The summed E-state index contributed by atoms with van der Waals surface area (Å²) in [5.74, 6) is -1.61. The van der Waals surface area contributed by atoms with Crippen LogP contribution in [0.2, 0.25) is 5.02 Å². The fraction of sp³-hybridized carbons (Fsp3) is 0.400. The molecule has 0 radical (unpaired) electrons. The SMILES string of the molecule is CCOC(=O)C1CCC(Oc2ccc(C(=O)NCCNC(=O)c3ccc(Cl)cc3)cc2F)CC1. The Balaban J connectivity index is 1.42. The number of ether oxygens (including phenoxy) is 2. The molecule has 0 bridgehead atoms. The van der Waals surface area contributed by atoms with Crippen LogP contribution in [-0.2, 0) is 9.53 Å². The third-order valence-corrected chi connectivity index (χ3v) is 5.84. The van der Waals surface area contributed by atoms with Gasteiger partial charge in [0, 0.05) is 29.2 Å². The van der Waals surface area contributed by atoms with Gasteiger partial charge in [0.1, 0.15) is 0 Å². The number of nitrogens with one attached hydrogen (secondary N) is 2. The summed E-state index contributed by atoms with van der Waals surface area (Å²) in [5, 5.41) is 5.87. The van der Waals surface area contributed by atoms with Crippen molar-refractivity contribution in [1.29, 1.82) is 0 Å². The molecule has 9 heteroatoms. The lowest BCUT2D eigenvalue weighted by Gasteiger charge is -2.27. The van der Waals surface area contributed by atoms with Crippen molar-refractivity contribution in [3.05, 3.63) is 64.4 Å². The molecule has 0 unspecified atom stereocenters. The molecule has 1 fully saturated rings. The standard InChI is InChI=1S/C25H28ClFN2O5/c1-2-33-25(32)17-5-10-20(11-6-17)34-22-12-7-18(15-21(22)27)24(31)29-14-13-28-23(30)16-3-8-19(26)9-4-16/h3-4,7-9,12,15,17,20H,2,5-6,10-11,13-14H2,1H3,(H,28,30)(H,29,31). The van der Waals surface area contributed by atoms with Gasteiger partial charge in [0.05, 0.1) is 18.6 Å². The lowest BCUT2D eigenvalue weighted by atomic mass is 9.87. The summed E-state index contributed by atoms with van der Waals surface area (Å²) in [6.45, 7) is 2.53. The Morgan fingerprint density at radius 3 is 2.12 bits per heavy atom. The highest BCUT2D eigenvalue weighted by Crippen LogP contribution is 2.29. The van der Waals surface area contributed by atoms with Crippen molar-refractivity contribution >= 4 is 29.4 Å². The van der Waals surface area contributed by atoms with Gasteiger partial charge in [0.15, 0.2) is 11.6 Å². The minimum atomic E-state index is -0.629. The Morgan fingerprint density at radius 2 is 1.53 bits per heavy atom. The number of amides is 2. The first-order valence-electron chi connectivity index (χ1n) is 11.3. The minimum absolute atomic E-state index is 0.0753. The molecule has 182 valence electrons. The summed E-state index contributed by atoms with van der Waals surface area (Å²) in [6.07, 6.45) is 2.35. The van der Waals surface area contributed by atoms with E-state index in [1.807, 2.05) is 0 Å². The molecular formula is C25H28ClFN2O5. The van der Waals surface area contributed by atoms with Gasteiger partial charge in [-0.1, -0.05) is 11.6 Å². The quantitative estimate of drug-likeness (QED) is 0.407. The van der Waals surface area contributed by atoms with Crippen molar-refractivity contribution in [3.63, 3.8) is 0 Å². The average molecular weight is 491 g/mol. The summed E-state index contributed by atoms with van der Waals surface area (Å²) in [4.78, 5) is 36.2. The van der Waals surface area contributed by atoms with Crippen LogP contribution in [0.5, 0.6) is 5.75 Å². The first-order chi connectivity index (χ1) is 16.4. The molecule has 2 aromatic carbocycles. The van der Waals surface area contributed by atoms with Crippen LogP contribution in [0.1, 0.15) is 53.3 Å². The lowest BCUT2D eigenvalue weighted by Crippen LogP contribution is -2.34. The van der Waals surface area contributed by atoms with E-state index in [9.17, 15) is 18.8 Å². The third kappa shape index (κ3) is 7.18. The van der Waals surface area contributed by atoms with Crippen molar-refractivity contribution in [1.82, 2.24) is 10.6 Å². The number of halogens is 2. The van der Waals surface area contributed by atoms with Crippen molar-refractivity contribution < 1.29 is 28.2 Å². The summed E-state index contributed by atoms with van der Waals surface area (Å²) in [7, 11) is 0. The second kappa shape index (κ2) is 12.4. The van der Waals surface area contributed by atoms with E-state index in [2.05, 4.69) is 10.6 Å². The van der Waals surface area contributed by atoms with Crippen LogP contribution in [0.25, 0.3) is 0 Å². The molecule has 1 aliphatic carbocycles. The van der Waals surface area contributed by atoms with Crippen molar-refractivity contribution in [2.75, 3.05) is 19.7 Å². The predicted molar refractivity (Wildman–Crippen MR) is 126 cm³/mol. The highest BCUT2D eigenvalue weighted by atomic mass is 35.5. The molecule has 0 aromatic heterocycles. The second-order valence-electron chi connectivity index (χ2n) is 8.01. The largest absolute Gasteiger partial charge is 0.487 e. The Labute approximate surface area is 203 Å². The van der Waals surface area contributed by atoms with Crippen LogP contribution in [0.4, 0.5) is 4.39 Å². The number of carbonyl (C=O) groups excluding carboxylic acids is 3. The maximum Gasteiger partial charge on any atom is 0.308 e. The molecule has 0 saturated heterocycles. The zero-order chi connectivity index (χ0) is 24.5. The monoisotopic (exact) mass is 490 g/mol. The Morgan fingerprint density at radius 1 is 0.941 bits per heavy atom. The van der Waals surface area contributed by atoms with E-state index in [1.165, 1.54) is 12.1 Å². The minimum Gasteiger partial charge on any atom is -0.487 e. The molecule has 3 rings (SSSR count). The fourth-order valence-corrected chi connectivity index (χ4v) is 3.88. The van der Waals surface area contributed by atoms with E-state index in [1.54, 1.807) is 31.2 Å². The zero-order valence-electron chi connectivity index (χ0n) is 18.9. The number of carbonyl (C=O) groups is 3. The molecule has 0 atom stereocenters. The van der Waals surface area contributed by atoms with Gasteiger partial charge >= 0.3 is 5.97 Å². The van der Waals surface area contributed by atoms with Crippen LogP contribution >= 0.6 is 11.6 Å². The number of hydrogen-bond acceptors (Lipinski definition) is 5. The molecule has 2 aromatic rings. The van der Waals surface area contributed by atoms with Crippen LogP contribution < -0.4 is 15.4 Å². The highest BCUT2D eigenvalue weighted by Gasteiger charge is 2.28. The maximum absolute atomic E-state index is 14.5. The van der Waals surface area contributed by atoms with E-state index in [0.29, 0.717) is 42.9 Å². The number of rotatable bonds is 9. The molecule has 1 aliphatic rings. The van der Waals surface area contributed by atoms with Gasteiger partial charge in [0.2, 0.25) is 0 Å². The first-order valence-corrected chi connectivity index (χ1v) is 11.7. The van der Waals surface area contributed by atoms with E-state index in [4.69, 9.17) is 21.1 Å². The Bertz CT molecular complexity index is 1010. The van der Waals surface area contributed by atoms with E-state index in [0.717, 1.165) is 6.07 Å². The van der Waals surface area contributed by atoms with Crippen molar-refractivity contribution in [3.8, 4) is 5.75 Å². The molecule has 7 nitrogen and oxygen atoms in total. The fourth-order valence-electron chi connectivity index (χ4n) is 3.75. The van der Waals surface area contributed by atoms with E-state index in [-0.39, 0.29) is 48.3 Å². The molecule has 0 heterocycles. The summed E-state index contributed by atoms with van der Waals surface area (Å²) in [6, 6.07) is 10.5. The zero-order valence-corrected chi connectivity index (χ0v) is 19.7. The number of benzene rings is 2. The van der Waals surface area contributed by atoms with Gasteiger partial charge in [-0.05, 0) is 75.1 Å². The number of esters is 1.